The summed E-state index contributed by atoms with van der Waals surface area (Å²) in [5, 5.41) is 0.935. The summed E-state index contributed by atoms with van der Waals surface area (Å²) in [7, 11) is 0. The number of aromatic nitrogens is 1. The van der Waals surface area contributed by atoms with Gasteiger partial charge in [-0.1, -0.05) is 31.2 Å². The molecular weight excluding hydrogens is 454 g/mol. The molecule has 0 spiro atoms. The lowest BCUT2D eigenvalue weighted by molar-refractivity contribution is 0.0583. The Bertz CT molecular complexity index is 1480. The summed E-state index contributed by atoms with van der Waals surface area (Å²) in [5.41, 5.74) is 5.11. The van der Waals surface area contributed by atoms with Crippen LogP contribution in [0.4, 0.5) is 10.5 Å². The van der Waals surface area contributed by atoms with Crippen LogP contribution in [-0.2, 0) is 11.2 Å². The number of rotatable bonds is 1. The maximum absolute atomic E-state index is 13.7. The lowest BCUT2D eigenvalue weighted by Crippen LogP contribution is -2.35. The van der Waals surface area contributed by atoms with E-state index in [2.05, 4.69) is 11.9 Å². The van der Waals surface area contributed by atoms with Gasteiger partial charge in [0, 0.05) is 47.2 Å². The predicted octanol–water partition coefficient (Wildman–Crippen LogP) is 5.42. The number of hydrogen-bond acceptors (Lipinski definition) is 4. The third-order valence-electron chi connectivity index (χ3n) is 7.37. The highest BCUT2D eigenvalue weighted by atomic mass is 16.6. The lowest BCUT2D eigenvalue weighted by atomic mass is 9.80. The van der Waals surface area contributed by atoms with Gasteiger partial charge in [-0.2, -0.15) is 0 Å². The fourth-order valence-electron chi connectivity index (χ4n) is 5.88. The minimum atomic E-state index is -0.571. The topological polar surface area (TPSA) is 82.7 Å². The van der Waals surface area contributed by atoms with Crippen LogP contribution >= 0.6 is 0 Å². The van der Waals surface area contributed by atoms with Crippen LogP contribution in [-0.4, -0.2) is 46.4 Å². The fraction of sp³-hybridized carbons (Fsp3) is 0.345. The van der Waals surface area contributed by atoms with Crippen LogP contribution in [0.25, 0.3) is 10.9 Å². The number of anilines is 1. The van der Waals surface area contributed by atoms with Crippen molar-refractivity contribution in [1.82, 2.24) is 9.88 Å². The third-order valence-corrected chi connectivity index (χ3v) is 7.37. The number of nitrogens with one attached hydrogen (secondary N) is 1. The van der Waals surface area contributed by atoms with E-state index in [0.29, 0.717) is 25.2 Å². The van der Waals surface area contributed by atoms with Gasteiger partial charge in [0.2, 0.25) is 0 Å². The number of carbonyl (C=O) groups excluding carboxylic acids is 3. The molecule has 2 atom stereocenters. The normalized spacial score (nSPS) is 20.8. The zero-order valence-corrected chi connectivity index (χ0v) is 20.9. The number of H-pyrrole nitrogens is 1. The first-order valence-electron chi connectivity index (χ1n) is 12.4. The molecule has 0 saturated carbocycles. The molecule has 36 heavy (non-hydrogen) atoms. The molecular formula is C29H29N3O4. The Labute approximate surface area is 209 Å². The van der Waals surface area contributed by atoms with Crippen LogP contribution in [0.15, 0.2) is 54.2 Å². The molecule has 0 bridgehead atoms. The zero-order chi connectivity index (χ0) is 25.4. The summed E-state index contributed by atoms with van der Waals surface area (Å²) in [6, 6.07) is 13.4. The number of aromatic amines is 1. The molecule has 1 saturated heterocycles. The van der Waals surface area contributed by atoms with Crippen molar-refractivity contribution in [2.24, 2.45) is 5.92 Å². The van der Waals surface area contributed by atoms with Gasteiger partial charge in [-0.05, 0) is 62.4 Å². The van der Waals surface area contributed by atoms with Crippen LogP contribution in [0.2, 0.25) is 0 Å². The van der Waals surface area contributed by atoms with Crippen LogP contribution in [0.1, 0.15) is 65.6 Å². The summed E-state index contributed by atoms with van der Waals surface area (Å²) >= 11 is 0. The molecule has 7 heteroatoms. The molecule has 1 unspecified atom stereocenters. The molecule has 2 amide bonds. The number of likely N-dealkylation sites (tertiary alicyclic amines) is 1. The highest BCUT2D eigenvalue weighted by Crippen LogP contribution is 2.45. The van der Waals surface area contributed by atoms with Crippen LogP contribution < -0.4 is 4.90 Å². The van der Waals surface area contributed by atoms with Crippen molar-refractivity contribution in [1.29, 1.82) is 0 Å². The maximum Gasteiger partial charge on any atom is 0.414 e. The average molecular weight is 484 g/mol. The van der Waals surface area contributed by atoms with Gasteiger partial charge in [0.25, 0.3) is 5.91 Å². The Morgan fingerprint density at radius 3 is 2.64 bits per heavy atom. The lowest BCUT2D eigenvalue weighted by Gasteiger charge is -2.25. The van der Waals surface area contributed by atoms with Crippen molar-refractivity contribution in [3.63, 3.8) is 0 Å². The van der Waals surface area contributed by atoms with Crippen LogP contribution in [0.5, 0.6) is 0 Å². The highest BCUT2D eigenvalue weighted by Gasteiger charge is 2.43. The number of nitrogens with zero attached hydrogens (tertiary/aromatic N) is 2. The maximum atomic E-state index is 13.7. The Kier molecular flexibility index (Phi) is 4.90. The average Bonchev–Trinajstić information content (AvgIpc) is 3.52. The smallest absolute Gasteiger partial charge is 0.414 e. The van der Waals surface area contributed by atoms with E-state index in [9.17, 15) is 14.4 Å². The number of amides is 2. The van der Waals surface area contributed by atoms with Crippen molar-refractivity contribution in [2.45, 2.75) is 45.6 Å². The van der Waals surface area contributed by atoms with E-state index >= 15 is 0 Å². The molecule has 1 N–H and O–H groups in total. The van der Waals surface area contributed by atoms with E-state index in [-0.39, 0.29) is 29.6 Å². The second-order valence-corrected chi connectivity index (χ2v) is 11.0. The molecule has 184 valence electrons. The predicted molar refractivity (Wildman–Crippen MR) is 137 cm³/mol. The largest absolute Gasteiger partial charge is 0.443 e. The fourth-order valence-corrected chi connectivity index (χ4v) is 5.88. The Hall–Kier alpha value is -3.87. The van der Waals surface area contributed by atoms with Gasteiger partial charge in [0.05, 0.1) is 5.69 Å². The number of benzene rings is 2. The summed E-state index contributed by atoms with van der Waals surface area (Å²) in [4.78, 5) is 46.0. The summed E-state index contributed by atoms with van der Waals surface area (Å²) in [5.74, 6) is 0.0273. The van der Waals surface area contributed by atoms with E-state index in [1.54, 1.807) is 15.9 Å². The molecule has 1 aromatic heterocycles. The second kappa shape index (κ2) is 7.82. The Balaban J connectivity index is 1.33. The van der Waals surface area contributed by atoms with Crippen LogP contribution in [0, 0.1) is 5.92 Å². The second-order valence-electron chi connectivity index (χ2n) is 11.0. The number of ether oxygens (including phenoxy) is 1. The summed E-state index contributed by atoms with van der Waals surface area (Å²) in [6.45, 7) is 8.78. The summed E-state index contributed by atoms with van der Waals surface area (Å²) in [6.07, 6.45) is 1.96. The van der Waals surface area contributed by atoms with Gasteiger partial charge in [0.15, 0.2) is 5.78 Å². The van der Waals surface area contributed by atoms with E-state index in [1.807, 2.05) is 63.2 Å². The van der Waals surface area contributed by atoms with Crippen molar-refractivity contribution in [3.8, 4) is 0 Å². The first kappa shape index (κ1) is 22.6. The molecule has 3 aromatic rings. The van der Waals surface area contributed by atoms with Gasteiger partial charge in [-0.25, -0.2) is 4.79 Å². The molecule has 1 aliphatic carbocycles. The van der Waals surface area contributed by atoms with Crippen LogP contribution in [0.3, 0.4) is 0 Å². The first-order valence-corrected chi connectivity index (χ1v) is 12.4. The van der Waals surface area contributed by atoms with Gasteiger partial charge < -0.3 is 14.6 Å². The van der Waals surface area contributed by atoms with Crippen molar-refractivity contribution in [2.75, 3.05) is 18.0 Å². The van der Waals surface area contributed by atoms with Crippen molar-refractivity contribution in [3.05, 3.63) is 76.6 Å². The number of ketones is 1. The Morgan fingerprint density at radius 1 is 1.08 bits per heavy atom. The molecule has 0 radical (unpaired) electrons. The zero-order valence-electron chi connectivity index (χ0n) is 20.9. The molecule has 6 rings (SSSR count). The standard InChI is InChI=1S/C29H29N3O4/c1-16-15-32(24-14-25(33)18-7-5-6-8-19(18)26(16)24)27(34)22-13-20-17-11-12-31(28(35)36-29(2,3)4)23(17)10-9-21(20)30-22/h5-10,13-14,16,26,30H,11-12,15H2,1-4H3/t16-,26?/m1/s1. The SMILES string of the molecule is C[C@@H]1CN(C(=O)c2cc3c4c(ccc3[nH]2)N(C(=O)OC(C)(C)C)CC4)C2=CC(=O)c3ccccc3C21. The minimum Gasteiger partial charge on any atom is -0.443 e. The number of fused-ring (bicyclic) bond motifs is 6. The number of carbonyl (C=O) groups is 3. The van der Waals surface area contributed by atoms with E-state index in [1.165, 1.54) is 0 Å². The van der Waals surface area contributed by atoms with E-state index in [4.69, 9.17) is 4.74 Å². The third kappa shape index (κ3) is 3.45. The Morgan fingerprint density at radius 2 is 1.86 bits per heavy atom. The molecule has 2 aliphatic heterocycles. The highest BCUT2D eigenvalue weighted by molar-refractivity contribution is 6.09. The molecule has 7 nitrogen and oxygen atoms in total. The van der Waals surface area contributed by atoms with Crippen molar-refractivity contribution < 1.29 is 19.1 Å². The van der Waals surface area contributed by atoms with Gasteiger partial charge in [-0.3, -0.25) is 14.5 Å². The number of allylic oxidation sites excluding steroid dienone is 2. The summed E-state index contributed by atoms with van der Waals surface area (Å²) < 4.78 is 5.58. The molecule has 2 aromatic carbocycles. The van der Waals surface area contributed by atoms with Crippen molar-refractivity contribution >= 4 is 34.4 Å². The molecule has 3 heterocycles. The molecule has 3 aliphatic rings. The minimum absolute atomic E-state index is 0.0267. The van der Waals surface area contributed by atoms with Gasteiger partial charge >= 0.3 is 6.09 Å². The number of hydrogen-bond donors (Lipinski definition) is 1. The van der Waals surface area contributed by atoms with E-state index in [0.717, 1.165) is 39.0 Å². The molecule has 1 fully saturated rings. The monoisotopic (exact) mass is 483 g/mol. The first-order chi connectivity index (χ1) is 17.1. The van der Waals surface area contributed by atoms with Gasteiger partial charge in [0.1, 0.15) is 11.3 Å². The van der Waals surface area contributed by atoms with E-state index < -0.39 is 5.60 Å². The quantitative estimate of drug-likeness (QED) is 0.501. The van der Waals surface area contributed by atoms with Gasteiger partial charge in [-0.15, -0.1) is 0 Å².